The minimum atomic E-state index is 0.651. The van der Waals surface area contributed by atoms with E-state index in [2.05, 4.69) is 23.3 Å². The Labute approximate surface area is 60.3 Å². The van der Waals surface area contributed by atoms with Crippen LogP contribution < -0.4 is 5.32 Å². The number of anilines is 1. The lowest BCUT2D eigenvalue weighted by molar-refractivity contribution is 0.853. The van der Waals surface area contributed by atoms with E-state index >= 15 is 0 Å². The third-order valence-electron chi connectivity index (χ3n) is 1.98. The fourth-order valence-corrected chi connectivity index (χ4v) is 1.36. The van der Waals surface area contributed by atoms with Gasteiger partial charge in [0.25, 0.3) is 0 Å². The normalized spacial score (nSPS) is 21.9. The van der Waals surface area contributed by atoms with Gasteiger partial charge in [-0.25, -0.2) is 0 Å². The molecule has 1 atom stereocenters. The van der Waals surface area contributed by atoms with Gasteiger partial charge in [0.1, 0.15) is 0 Å². The zero-order chi connectivity index (χ0) is 6.97. The van der Waals surface area contributed by atoms with Crippen LogP contribution in [-0.4, -0.2) is 11.5 Å². The van der Waals surface area contributed by atoms with Gasteiger partial charge in [-0.1, -0.05) is 6.92 Å². The Morgan fingerprint density at radius 1 is 1.70 bits per heavy atom. The molecule has 1 aromatic rings. The van der Waals surface area contributed by atoms with Gasteiger partial charge in [0.15, 0.2) is 0 Å². The van der Waals surface area contributed by atoms with Crippen LogP contribution in [-0.2, 0) is 0 Å². The first-order chi connectivity index (χ1) is 4.88. The molecule has 1 aliphatic rings. The summed E-state index contributed by atoms with van der Waals surface area (Å²) in [6, 6.07) is 2.08. The molecule has 1 aromatic heterocycles. The highest BCUT2D eigenvalue weighted by molar-refractivity contribution is 5.55. The largest absolute Gasteiger partial charge is 0.383 e. The lowest BCUT2D eigenvalue weighted by atomic mass is 10.1. The SMILES string of the molecule is CC1CNc2cnccc21. The van der Waals surface area contributed by atoms with Gasteiger partial charge in [-0.2, -0.15) is 0 Å². The fourth-order valence-electron chi connectivity index (χ4n) is 1.36. The first-order valence-electron chi connectivity index (χ1n) is 3.55. The summed E-state index contributed by atoms with van der Waals surface area (Å²) in [5.74, 6) is 0.651. The van der Waals surface area contributed by atoms with Crippen molar-refractivity contribution >= 4 is 5.69 Å². The van der Waals surface area contributed by atoms with Gasteiger partial charge in [-0.3, -0.25) is 4.98 Å². The highest BCUT2D eigenvalue weighted by Gasteiger charge is 2.16. The molecule has 1 unspecified atom stereocenters. The molecule has 0 aliphatic carbocycles. The standard InChI is InChI=1S/C8H10N2/c1-6-4-10-8-5-9-3-2-7(6)8/h2-3,5-6,10H,4H2,1H3. The van der Waals surface area contributed by atoms with Gasteiger partial charge in [0.05, 0.1) is 11.9 Å². The predicted octanol–water partition coefficient (Wildman–Crippen LogP) is 1.61. The topological polar surface area (TPSA) is 24.9 Å². The Hall–Kier alpha value is -1.05. The highest BCUT2D eigenvalue weighted by atomic mass is 14.9. The van der Waals surface area contributed by atoms with Crippen LogP contribution in [0.5, 0.6) is 0 Å². The van der Waals surface area contributed by atoms with E-state index in [-0.39, 0.29) is 0 Å². The molecular formula is C8H10N2. The summed E-state index contributed by atoms with van der Waals surface area (Å²) in [6.07, 6.45) is 3.74. The lowest BCUT2D eigenvalue weighted by Crippen LogP contribution is -1.95. The summed E-state index contributed by atoms with van der Waals surface area (Å²) in [4.78, 5) is 4.03. The minimum Gasteiger partial charge on any atom is -0.383 e. The molecule has 52 valence electrons. The molecule has 10 heavy (non-hydrogen) atoms. The summed E-state index contributed by atoms with van der Waals surface area (Å²) < 4.78 is 0. The molecule has 2 heterocycles. The van der Waals surface area contributed by atoms with Crippen LogP contribution in [0.25, 0.3) is 0 Å². The third kappa shape index (κ3) is 0.685. The van der Waals surface area contributed by atoms with Crippen LogP contribution in [0, 0.1) is 0 Å². The van der Waals surface area contributed by atoms with Gasteiger partial charge in [0.2, 0.25) is 0 Å². The van der Waals surface area contributed by atoms with E-state index in [1.807, 2.05) is 12.4 Å². The van der Waals surface area contributed by atoms with Crippen molar-refractivity contribution in [3.8, 4) is 0 Å². The Balaban J connectivity index is 2.51. The van der Waals surface area contributed by atoms with Crippen molar-refractivity contribution in [1.82, 2.24) is 4.98 Å². The summed E-state index contributed by atoms with van der Waals surface area (Å²) in [5, 5.41) is 3.29. The Morgan fingerprint density at radius 3 is 3.40 bits per heavy atom. The van der Waals surface area contributed by atoms with E-state index in [1.54, 1.807) is 0 Å². The molecule has 2 rings (SSSR count). The number of fused-ring (bicyclic) bond motifs is 1. The van der Waals surface area contributed by atoms with Crippen molar-refractivity contribution < 1.29 is 0 Å². The van der Waals surface area contributed by atoms with Crippen LogP contribution in [0.1, 0.15) is 18.4 Å². The molecular weight excluding hydrogens is 124 g/mol. The van der Waals surface area contributed by atoms with Crippen molar-refractivity contribution in [2.45, 2.75) is 12.8 Å². The quantitative estimate of drug-likeness (QED) is 0.583. The number of nitrogens with one attached hydrogen (secondary N) is 1. The maximum Gasteiger partial charge on any atom is 0.0562 e. The average Bonchev–Trinajstić information content (AvgIpc) is 2.34. The van der Waals surface area contributed by atoms with Crippen molar-refractivity contribution in [3.05, 3.63) is 24.0 Å². The van der Waals surface area contributed by atoms with Gasteiger partial charge < -0.3 is 5.32 Å². The molecule has 0 radical (unpaired) electrons. The van der Waals surface area contributed by atoms with Crippen molar-refractivity contribution in [3.63, 3.8) is 0 Å². The lowest BCUT2D eigenvalue weighted by Gasteiger charge is -1.98. The number of rotatable bonds is 0. The second kappa shape index (κ2) is 1.97. The molecule has 2 heteroatoms. The summed E-state index contributed by atoms with van der Waals surface area (Å²) >= 11 is 0. The minimum absolute atomic E-state index is 0.651. The summed E-state index contributed by atoms with van der Waals surface area (Å²) in [7, 11) is 0. The molecule has 0 saturated carbocycles. The van der Waals surface area contributed by atoms with Gasteiger partial charge in [0, 0.05) is 18.7 Å². The number of hydrogen-bond acceptors (Lipinski definition) is 2. The van der Waals surface area contributed by atoms with E-state index in [4.69, 9.17) is 0 Å². The van der Waals surface area contributed by atoms with E-state index < -0.39 is 0 Å². The van der Waals surface area contributed by atoms with Crippen LogP contribution in [0.3, 0.4) is 0 Å². The molecule has 0 spiro atoms. The molecule has 1 N–H and O–H groups in total. The maximum atomic E-state index is 4.03. The van der Waals surface area contributed by atoms with Crippen molar-refractivity contribution in [1.29, 1.82) is 0 Å². The monoisotopic (exact) mass is 134 g/mol. The van der Waals surface area contributed by atoms with Crippen LogP contribution in [0.4, 0.5) is 5.69 Å². The molecule has 2 nitrogen and oxygen atoms in total. The molecule has 0 bridgehead atoms. The third-order valence-corrected chi connectivity index (χ3v) is 1.98. The smallest absolute Gasteiger partial charge is 0.0562 e. The zero-order valence-corrected chi connectivity index (χ0v) is 5.96. The number of pyridine rings is 1. The van der Waals surface area contributed by atoms with Gasteiger partial charge in [-0.15, -0.1) is 0 Å². The Kier molecular flexibility index (Phi) is 1.13. The maximum absolute atomic E-state index is 4.03. The van der Waals surface area contributed by atoms with Crippen LogP contribution in [0.2, 0.25) is 0 Å². The van der Waals surface area contributed by atoms with Crippen molar-refractivity contribution in [2.75, 3.05) is 11.9 Å². The summed E-state index contributed by atoms with van der Waals surface area (Å²) in [6.45, 7) is 3.28. The highest BCUT2D eigenvalue weighted by Crippen LogP contribution is 2.28. The van der Waals surface area contributed by atoms with Crippen molar-refractivity contribution in [2.24, 2.45) is 0 Å². The molecule has 0 aromatic carbocycles. The van der Waals surface area contributed by atoms with Crippen LogP contribution in [0.15, 0.2) is 18.5 Å². The van der Waals surface area contributed by atoms with E-state index in [0.29, 0.717) is 5.92 Å². The summed E-state index contributed by atoms with van der Waals surface area (Å²) in [5.41, 5.74) is 2.60. The number of nitrogens with zero attached hydrogens (tertiary/aromatic N) is 1. The molecule has 0 saturated heterocycles. The van der Waals surface area contributed by atoms with Gasteiger partial charge in [-0.05, 0) is 11.6 Å². The van der Waals surface area contributed by atoms with E-state index in [0.717, 1.165) is 6.54 Å². The number of hydrogen-bond donors (Lipinski definition) is 1. The van der Waals surface area contributed by atoms with E-state index in [9.17, 15) is 0 Å². The molecule has 0 fully saturated rings. The van der Waals surface area contributed by atoms with E-state index in [1.165, 1.54) is 11.3 Å². The average molecular weight is 134 g/mol. The molecule has 1 aliphatic heterocycles. The molecule has 0 amide bonds. The second-order valence-electron chi connectivity index (χ2n) is 2.74. The fraction of sp³-hybridized carbons (Fsp3) is 0.375. The zero-order valence-electron chi connectivity index (χ0n) is 5.96. The van der Waals surface area contributed by atoms with Gasteiger partial charge >= 0.3 is 0 Å². The Bertz CT molecular complexity index is 245. The number of aromatic nitrogens is 1. The predicted molar refractivity (Wildman–Crippen MR) is 41.1 cm³/mol. The first kappa shape index (κ1) is 5.71. The Morgan fingerprint density at radius 2 is 2.60 bits per heavy atom. The first-order valence-corrected chi connectivity index (χ1v) is 3.55. The van der Waals surface area contributed by atoms with Crippen LogP contribution >= 0.6 is 0 Å². The second-order valence-corrected chi connectivity index (χ2v) is 2.74.